The zero-order valence-electron chi connectivity index (χ0n) is 13.5. The van der Waals surface area contributed by atoms with Gasteiger partial charge in [0.05, 0.1) is 18.4 Å². The number of carbonyl (C=O) groups excluding carboxylic acids is 1. The van der Waals surface area contributed by atoms with Gasteiger partial charge in [-0.25, -0.2) is 14.6 Å². The number of imidazole rings is 1. The number of aromatic carboxylic acids is 1. The Bertz CT molecular complexity index is 990. The van der Waals surface area contributed by atoms with E-state index >= 15 is 0 Å². The Morgan fingerprint density at radius 1 is 1.16 bits per heavy atom. The molecule has 0 amide bonds. The number of benzene rings is 1. The molecule has 2 aromatic heterocycles. The molecule has 3 rings (SSSR count). The van der Waals surface area contributed by atoms with Crippen LogP contribution in [0.4, 0.5) is 11.5 Å². The molecule has 0 radical (unpaired) electrons. The van der Waals surface area contributed by atoms with Gasteiger partial charge in [-0.05, 0) is 42.8 Å². The molecule has 2 heterocycles. The predicted octanol–water partition coefficient (Wildman–Crippen LogP) is 3.54. The average molecular weight is 338 g/mol. The van der Waals surface area contributed by atoms with E-state index in [0.717, 1.165) is 5.56 Å². The minimum Gasteiger partial charge on any atom is -0.476 e. The van der Waals surface area contributed by atoms with Gasteiger partial charge in [-0.15, -0.1) is 10.2 Å². The van der Waals surface area contributed by atoms with Gasteiger partial charge in [0, 0.05) is 6.20 Å². The highest BCUT2D eigenvalue weighted by molar-refractivity contribution is 5.92. The van der Waals surface area contributed by atoms with Gasteiger partial charge < -0.3 is 9.84 Å². The molecule has 0 aliphatic heterocycles. The molecule has 0 spiro atoms. The molecular weight excluding hydrogens is 324 g/mol. The Morgan fingerprint density at radius 2 is 1.88 bits per heavy atom. The average Bonchev–Trinajstić information content (AvgIpc) is 3.00. The number of rotatable bonds is 4. The molecule has 0 aliphatic carbocycles. The van der Waals surface area contributed by atoms with E-state index in [1.807, 2.05) is 13.0 Å². The zero-order valence-corrected chi connectivity index (χ0v) is 13.5. The monoisotopic (exact) mass is 338 g/mol. The van der Waals surface area contributed by atoms with E-state index in [9.17, 15) is 14.7 Å². The van der Waals surface area contributed by atoms with Gasteiger partial charge in [0.2, 0.25) is 0 Å². The van der Waals surface area contributed by atoms with Gasteiger partial charge in [-0.2, -0.15) is 0 Å². The minimum atomic E-state index is -1.18. The van der Waals surface area contributed by atoms with Crippen LogP contribution >= 0.6 is 0 Å². The first kappa shape index (κ1) is 16.3. The third kappa shape index (κ3) is 3.09. The van der Waals surface area contributed by atoms with Crippen LogP contribution in [-0.4, -0.2) is 33.5 Å². The second kappa shape index (κ2) is 6.52. The highest BCUT2D eigenvalue weighted by Gasteiger charge is 2.19. The number of methoxy groups -OCH3 is 1. The molecule has 0 unspecified atom stereocenters. The van der Waals surface area contributed by atoms with E-state index in [2.05, 4.69) is 19.9 Å². The van der Waals surface area contributed by atoms with Gasteiger partial charge in [-0.3, -0.25) is 4.40 Å². The summed E-state index contributed by atoms with van der Waals surface area (Å²) >= 11 is 0. The summed E-state index contributed by atoms with van der Waals surface area (Å²) < 4.78 is 6.20. The molecule has 0 bridgehead atoms. The number of aromatic nitrogens is 2. The van der Waals surface area contributed by atoms with Crippen molar-refractivity contribution in [1.29, 1.82) is 0 Å². The lowest BCUT2D eigenvalue weighted by Crippen LogP contribution is -1.99. The van der Waals surface area contributed by atoms with E-state index in [0.29, 0.717) is 16.9 Å². The molecule has 8 heteroatoms. The summed E-state index contributed by atoms with van der Waals surface area (Å²) in [6, 6.07) is 9.89. The van der Waals surface area contributed by atoms with Gasteiger partial charge in [-0.1, -0.05) is 6.07 Å². The number of nitrogens with zero attached hydrogens (tertiary/aromatic N) is 4. The van der Waals surface area contributed by atoms with Crippen molar-refractivity contribution in [3.63, 3.8) is 0 Å². The lowest BCUT2D eigenvalue weighted by Gasteiger charge is -1.99. The maximum absolute atomic E-state index is 11.4. The van der Waals surface area contributed by atoms with Crippen molar-refractivity contribution in [2.24, 2.45) is 10.2 Å². The number of esters is 1. The van der Waals surface area contributed by atoms with Crippen molar-refractivity contribution < 1.29 is 19.4 Å². The first-order valence-corrected chi connectivity index (χ1v) is 7.32. The summed E-state index contributed by atoms with van der Waals surface area (Å²) in [6.07, 6.45) is 1.68. The van der Waals surface area contributed by atoms with E-state index < -0.39 is 11.9 Å². The molecule has 126 valence electrons. The van der Waals surface area contributed by atoms with Gasteiger partial charge in [0.15, 0.2) is 11.5 Å². The maximum Gasteiger partial charge on any atom is 0.358 e. The van der Waals surface area contributed by atoms with Crippen LogP contribution in [0.25, 0.3) is 5.65 Å². The smallest absolute Gasteiger partial charge is 0.358 e. The van der Waals surface area contributed by atoms with Gasteiger partial charge >= 0.3 is 11.9 Å². The van der Waals surface area contributed by atoms with Crippen LogP contribution in [0.3, 0.4) is 0 Å². The molecule has 0 saturated heterocycles. The second-order valence-electron chi connectivity index (χ2n) is 5.21. The predicted molar refractivity (Wildman–Crippen MR) is 88.8 cm³/mol. The highest BCUT2D eigenvalue weighted by Crippen LogP contribution is 2.25. The molecular formula is C17H14N4O4. The summed E-state index contributed by atoms with van der Waals surface area (Å²) in [7, 11) is 1.30. The number of carboxylic acid groups (broad SMARTS) is 1. The van der Waals surface area contributed by atoms with Crippen molar-refractivity contribution in [3.05, 3.63) is 59.4 Å². The Kier molecular flexibility index (Phi) is 4.25. The zero-order chi connectivity index (χ0) is 18.0. The molecule has 3 aromatic rings. The summed E-state index contributed by atoms with van der Waals surface area (Å²) in [5, 5.41) is 17.4. The van der Waals surface area contributed by atoms with Crippen LogP contribution in [-0.2, 0) is 4.74 Å². The number of carboxylic acids is 1. The van der Waals surface area contributed by atoms with Crippen molar-refractivity contribution in [2.45, 2.75) is 6.92 Å². The number of azo groups is 1. The normalized spacial score (nSPS) is 11.1. The summed E-state index contributed by atoms with van der Waals surface area (Å²) in [6.45, 7) is 1.83. The third-order valence-corrected chi connectivity index (χ3v) is 3.57. The SMILES string of the molecule is COC(=O)c1ccc(N=Nc2c(C(=O)O)nc3c(C)cccn23)cc1. The summed E-state index contributed by atoms with van der Waals surface area (Å²) in [5.74, 6) is -1.50. The fourth-order valence-corrected chi connectivity index (χ4v) is 2.32. The van der Waals surface area contributed by atoms with Gasteiger partial charge in [0.1, 0.15) is 5.65 Å². The number of hydrogen-bond donors (Lipinski definition) is 1. The van der Waals surface area contributed by atoms with Crippen LogP contribution in [0.5, 0.6) is 0 Å². The van der Waals surface area contributed by atoms with Crippen molar-refractivity contribution in [3.8, 4) is 0 Å². The fraction of sp³-hybridized carbons (Fsp3) is 0.118. The molecule has 8 nitrogen and oxygen atoms in total. The number of fused-ring (bicyclic) bond motifs is 1. The standard InChI is InChI=1S/C17H14N4O4/c1-10-4-3-9-21-14(10)18-13(16(22)23)15(21)20-19-12-7-5-11(6-8-12)17(24)25-2/h3-9H,1-2H3,(H,22,23). The Morgan fingerprint density at radius 3 is 2.52 bits per heavy atom. The van der Waals surface area contributed by atoms with E-state index in [1.54, 1.807) is 40.9 Å². The molecule has 0 atom stereocenters. The van der Waals surface area contributed by atoms with E-state index in [1.165, 1.54) is 7.11 Å². The molecule has 0 fully saturated rings. The Labute approximate surface area is 142 Å². The van der Waals surface area contributed by atoms with E-state index in [4.69, 9.17) is 0 Å². The molecule has 1 aromatic carbocycles. The van der Waals surface area contributed by atoms with Crippen molar-refractivity contribution >= 4 is 29.1 Å². The second-order valence-corrected chi connectivity index (χ2v) is 5.21. The molecule has 25 heavy (non-hydrogen) atoms. The van der Waals surface area contributed by atoms with Crippen LogP contribution in [0.15, 0.2) is 52.8 Å². The van der Waals surface area contributed by atoms with Crippen LogP contribution < -0.4 is 0 Å². The van der Waals surface area contributed by atoms with E-state index in [-0.39, 0.29) is 11.5 Å². The fourth-order valence-electron chi connectivity index (χ4n) is 2.32. The molecule has 1 N–H and O–H groups in total. The van der Waals surface area contributed by atoms with Crippen LogP contribution in [0.2, 0.25) is 0 Å². The maximum atomic E-state index is 11.4. The molecule has 0 aliphatic rings. The van der Waals surface area contributed by atoms with Crippen molar-refractivity contribution in [2.75, 3.05) is 7.11 Å². The Hall–Kier alpha value is -3.55. The number of pyridine rings is 1. The highest BCUT2D eigenvalue weighted by atomic mass is 16.5. The van der Waals surface area contributed by atoms with Crippen LogP contribution in [0.1, 0.15) is 26.4 Å². The lowest BCUT2D eigenvalue weighted by molar-refractivity contribution is 0.0599. The summed E-state index contributed by atoms with van der Waals surface area (Å²) in [5.41, 5.74) is 2.01. The van der Waals surface area contributed by atoms with Gasteiger partial charge in [0.25, 0.3) is 0 Å². The Balaban J connectivity index is 2.01. The first-order chi connectivity index (χ1) is 12.0. The number of carbonyl (C=O) groups is 2. The lowest BCUT2D eigenvalue weighted by atomic mass is 10.2. The third-order valence-electron chi connectivity index (χ3n) is 3.57. The van der Waals surface area contributed by atoms with Crippen LogP contribution in [0, 0.1) is 6.92 Å². The number of aryl methyl sites for hydroxylation is 1. The van der Waals surface area contributed by atoms with Crippen molar-refractivity contribution in [1.82, 2.24) is 9.38 Å². The largest absolute Gasteiger partial charge is 0.476 e. The molecule has 0 saturated carbocycles. The number of ether oxygens (including phenoxy) is 1. The number of hydrogen-bond acceptors (Lipinski definition) is 6. The first-order valence-electron chi connectivity index (χ1n) is 7.32. The topological polar surface area (TPSA) is 106 Å². The summed E-state index contributed by atoms with van der Waals surface area (Å²) in [4.78, 5) is 27.0. The minimum absolute atomic E-state index is 0.128. The quantitative estimate of drug-likeness (QED) is 0.578.